The summed E-state index contributed by atoms with van der Waals surface area (Å²) in [6, 6.07) is 3.89. The Labute approximate surface area is 99.9 Å². The summed E-state index contributed by atoms with van der Waals surface area (Å²) in [6.45, 7) is 5.15. The second kappa shape index (κ2) is 5.64. The molecule has 0 aliphatic rings. The van der Waals surface area contributed by atoms with E-state index in [-0.39, 0.29) is 11.7 Å². The molecule has 0 aliphatic carbocycles. The highest BCUT2D eigenvalue weighted by Gasteiger charge is 2.11. The summed E-state index contributed by atoms with van der Waals surface area (Å²) in [5.74, 6) is 0.388. The summed E-state index contributed by atoms with van der Waals surface area (Å²) in [5.41, 5.74) is 0. The molecule has 4 heteroatoms. The van der Waals surface area contributed by atoms with Gasteiger partial charge in [-0.05, 0) is 19.2 Å². The van der Waals surface area contributed by atoms with Crippen molar-refractivity contribution in [3.05, 3.63) is 21.3 Å². The molecule has 0 unspecified atom stereocenters. The minimum Gasteiger partial charge on any atom is -0.298 e. The normalized spacial score (nSPS) is 11.3. The van der Waals surface area contributed by atoms with Crippen LogP contribution in [0.5, 0.6) is 0 Å². The Morgan fingerprint density at radius 2 is 2.20 bits per heavy atom. The van der Waals surface area contributed by atoms with Gasteiger partial charge in [-0.3, -0.25) is 9.69 Å². The van der Waals surface area contributed by atoms with E-state index in [1.54, 1.807) is 11.3 Å². The van der Waals surface area contributed by atoms with Crippen LogP contribution in [0.15, 0.2) is 12.1 Å². The number of carbonyl (C=O) groups excluding carboxylic acids is 1. The summed E-state index contributed by atoms with van der Waals surface area (Å²) in [5, 5.41) is 0. The second-order valence-corrected chi connectivity index (χ2v) is 5.80. The standard InChI is InChI=1S/C11H16ClNOS/c1-8(2)10(14)7-13(3)6-9-4-5-11(12)15-9/h4-5,8H,6-7H2,1-3H3. The van der Waals surface area contributed by atoms with Gasteiger partial charge in [-0.2, -0.15) is 0 Å². The minimum atomic E-state index is 0.111. The maximum atomic E-state index is 11.5. The van der Waals surface area contributed by atoms with Crippen LogP contribution in [0.3, 0.4) is 0 Å². The zero-order valence-corrected chi connectivity index (χ0v) is 10.9. The third-order valence-electron chi connectivity index (χ3n) is 2.12. The number of hydrogen-bond acceptors (Lipinski definition) is 3. The first-order chi connectivity index (χ1) is 6.99. The van der Waals surface area contributed by atoms with E-state index in [0.29, 0.717) is 6.54 Å². The van der Waals surface area contributed by atoms with Crippen molar-refractivity contribution in [2.75, 3.05) is 13.6 Å². The van der Waals surface area contributed by atoms with E-state index >= 15 is 0 Å². The molecule has 0 fully saturated rings. The molecule has 0 N–H and O–H groups in total. The highest BCUT2D eigenvalue weighted by atomic mass is 35.5. The summed E-state index contributed by atoms with van der Waals surface area (Å²) < 4.78 is 0.800. The van der Waals surface area contributed by atoms with Gasteiger partial charge in [0.2, 0.25) is 0 Å². The molecule has 0 atom stereocenters. The fourth-order valence-corrected chi connectivity index (χ4v) is 2.38. The van der Waals surface area contributed by atoms with Crippen LogP contribution in [-0.2, 0) is 11.3 Å². The highest BCUT2D eigenvalue weighted by molar-refractivity contribution is 7.16. The predicted molar refractivity (Wildman–Crippen MR) is 65.5 cm³/mol. The Kier molecular flexibility index (Phi) is 4.77. The monoisotopic (exact) mass is 245 g/mol. The zero-order chi connectivity index (χ0) is 11.4. The molecule has 2 nitrogen and oxygen atoms in total. The maximum absolute atomic E-state index is 11.5. The third kappa shape index (κ3) is 4.33. The molecule has 84 valence electrons. The second-order valence-electron chi connectivity index (χ2n) is 4.00. The molecule has 15 heavy (non-hydrogen) atoms. The number of carbonyl (C=O) groups is 1. The topological polar surface area (TPSA) is 20.3 Å². The van der Waals surface area contributed by atoms with Crippen LogP contribution in [0.2, 0.25) is 4.34 Å². The SMILES string of the molecule is CC(C)C(=O)CN(C)Cc1ccc(Cl)s1. The lowest BCUT2D eigenvalue weighted by molar-refractivity contribution is -0.122. The molecular formula is C11H16ClNOS. The lowest BCUT2D eigenvalue weighted by Gasteiger charge is -2.15. The van der Waals surface area contributed by atoms with Crippen LogP contribution in [0.1, 0.15) is 18.7 Å². The summed E-state index contributed by atoms with van der Waals surface area (Å²) in [6.07, 6.45) is 0. The van der Waals surface area contributed by atoms with Crippen molar-refractivity contribution in [3.8, 4) is 0 Å². The number of nitrogens with zero attached hydrogens (tertiary/aromatic N) is 1. The Morgan fingerprint density at radius 1 is 1.53 bits per heavy atom. The molecule has 0 aromatic carbocycles. The molecule has 0 saturated heterocycles. The number of Topliss-reactive ketones (excluding diaryl/α,β-unsaturated/α-hetero) is 1. The molecule has 0 aliphatic heterocycles. The van der Waals surface area contributed by atoms with Gasteiger partial charge < -0.3 is 0 Å². The van der Waals surface area contributed by atoms with E-state index in [1.165, 1.54) is 4.88 Å². The van der Waals surface area contributed by atoms with Crippen molar-refractivity contribution >= 4 is 28.7 Å². The molecule has 1 heterocycles. The first kappa shape index (κ1) is 12.7. The fourth-order valence-electron chi connectivity index (χ4n) is 1.21. The summed E-state index contributed by atoms with van der Waals surface area (Å²) in [4.78, 5) is 14.7. The molecule has 0 spiro atoms. The van der Waals surface area contributed by atoms with Crippen LogP contribution in [-0.4, -0.2) is 24.3 Å². The van der Waals surface area contributed by atoms with Gasteiger partial charge in [-0.1, -0.05) is 25.4 Å². The summed E-state index contributed by atoms with van der Waals surface area (Å²) >= 11 is 7.40. The largest absolute Gasteiger partial charge is 0.298 e. The number of thiophene rings is 1. The number of rotatable bonds is 5. The smallest absolute Gasteiger partial charge is 0.149 e. The number of halogens is 1. The lowest BCUT2D eigenvalue weighted by atomic mass is 10.1. The van der Waals surface area contributed by atoms with Gasteiger partial charge in [0, 0.05) is 17.3 Å². The van der Waals surface area contributed by atoms with Crippen molar-refractivity contribution in [2.24, 2.45) is 5.92 Å². The molecule has 0 radical (unpaired) electrons. The average Bonchev–Trinajstić information content (AvgIpc) is 2.50. The van der Waals surface area contributed by atoms with Crippen molar-refractivity contribution in [3.63, 3.8) is 0 Å². The Hall–Kier alpha value is -0.380. The number of hydrogen-bond donors (Lipinski definition) is 0. The van der Waals surface area contributed by atoms with E-state index in [4.69, 9.17) is 11.6 Å². The highest BCUT2D eigenvalue weighted by Crippen LogP contribution is 2.22. The molecule has 1 rings (SSSR count). The van der Waals surface area contributed by atoms with Crippen LogP contribution in [0.4, 0.5) is 0 Å². The minimum absolute atomic E-state index is 0.111. The maximum Gasteiger partial charge on any atom is 0.149 e. The summed E-state index contributed by atoms with van der Waals surface area (Å²) in [7, 11) is 1.95. The quantitative estimate of drug-likeness (QED) is 0.795. The lowest BCUT2D eigenvalue weighted by Crippen LogP contribution is -2.27. The van der Waals surface area contributed by atoms with Gasteiger partial charge in [0.25, 0.3) is 0 Å². The third-order valence-corrected chi connectivity index (χ3v) is 3.34. The number of ketones is 1. The van der Waals surface area contributed by atoms with Gasteiger partial charge in [0.1, 0.15) is 5.78 Å². The predicted octanol–water partition coefficient (Wildman–Crippen LogP) is 3.06. The average molecular weight is 246 g/mol. The van der Waals surface area contributed by atoms with E-state index in [0.717, 1.165) is 10.9 Å². The van der Waals surface area contributed by atoms with Gasteiger partial charge in [0.05, 0.1) is 10.9 Å². The van der Waals surface area contributed by atoms with Crippen molar-refractivity contribution in [2.45, 2.75) is 20.4 Å². The van der Waals surface area contributed by atoms with E-state index in [2.05, 4.69) is 0 Å². The van der Waals surface area contributed by atoms with Crippen molar-refractivity contribution < 1.29 is 4.79 Å². The van der Waals surface area contributed by atoms with Crippen LogP contribution in [0.25, 0.3) is 0 Å². The van der Waals surface area contributed by atoms with E-state index < -0.39 is 0 Å². The molecule has 0 bridgehead atoms. The zero-order valence-electron chi connectivity index (χ0n) is 9.29. The fraction of sp³-hybridized carbons (Fsp3) is 0.545. The van der Waals surface area contributed by atoms with Crippen LogP contribution >= 0.6 is 22.9 Å². The first-order valence-electron chi connectivity index (χ1n) is 4.94. The van der Waals surface area contributed by atoms with Crippen LogP contribution < -0.4 is 0 Å². The molecule has 0 saturated carbocycles. The van der Waals surface area contributed by atoms with E-state index in [1.807, 2.05) is 37.9 Å². The van der Waals surface area contributed by atoms with Crippen LogP contribution in [0, 0.1) is 5.92 Å². The Balaban J connectivity index is 2.42. The number of likely N-dealkylation sites (N-methyl/N-ethyl adjacent to an activating group) is 1. The molecule has 1 aromatic heterocycles. The van der Waals surface area contributed by atoms with E-state index in [9.17, 15) is 4.79 Å². The van der Waals surface area contributed by atoms with Crippen molar-refractivity contribution in [1.29, 1.82) is 0 Å². The molecular weight excluding hydrogens is 230 g/mol. The first-order valence-corrected chi connectivity index (χ1v) is 6.14. The van der Waals surface area contributed by atoms with Gasteiger partial charge in [-0.25, -0.2) is 0 Å². The molecule has 0 amide bonds. The Morgan fingerprint density at radius 3 is 2.67 bits per heavy atom. The van der Waals surface area contributed by atoms with Gasteiger partial charge in [-0.15, -0.1) is 11.3 Å². The van der Waals surface area contributed by atoms with Gasteiger partial charge >= 0.3 is 0 Å². The van der Waals surface area contributed by atoms with Crippen molar-refractivity contribution in [1.82, 2.24) is 4.90 Å². The Bertz CT molecular complexity index is 335. The van der Waals surface area contributed by atoms with Gasteiger partial charge in [0.15, 0.2) is 0 Å². The molecule has 1 aromatic rings.